The van der Waals surface area contributed by atoms with Crippen molar-refractivity contribution in [1.29, 1.82) is 0 Å². The van der Waals surface area contributed by atoms with E-state index in [0.29, 0.717) is 0 Å². The molecular weight excluding hydrogens is 262 g/mol. The monoisotopic (exact) mass is 285 g/mol. The maximum absolute atomic E-state index is 5.93. The van der Waals surface area contributed by atoms with Gasteiger partial charge >= 0.3 is 0 Å². The Labute approximate surface area is 126 Å². The molecule has 4 nitrogen and oxygen atoms in total. The standard InChI is InChI=1S/C17H23N3O/c1-17(2,3)15-11-19-16(21-15)12-20-9-8-18-10-13-6-4-5-7-14(13)20/h4-7,11,18H,8-10,12H2,1-3H3. The topological polar surface area (TPSA) is 41.3 Å². The summed E-state index contributed by atoms with van der Waals surface area (Å²) in [6, 6.07) is 8.53. The molecule has 4 heteroatoms. The summed E-state index contributed by atoms with van der Waals surface area (Å²) in [5, 5.41) is 3.46. The Balaban J connectivity index is 1.83. The van der Waals surface area contributed by atoms with Crippen LogP contribution in [0.15, 0.2) is 34.9 Å². The number of rotatable bonds is 2. The fraction of sp³-hybridized carbons (Fsp3) is 0.471. The average Bonchev–Trinajstić information content (AvgIpc) is 2.82. The molecule has 0 bridgehead atoms. The molecule has 2 heterocycles. The molecule has 1 aliphatic rings. The highest BCUT2D eigenvalue weighted by Crippen LogP contribution is 2.26. The minimum absolute atomic E-state index is 0.00347. The zero-order valence-corrected chi connectivity index (χ0v) is 13.0. The summed E-state index contributed by atoms with van der Waals surface area (Å²) in [6.07, 6.45) is 1.86. The second kappa shape index (κ2) is 5.53. The zero-order chi connectivity index (χ0) is 14.9. The summed E-state index contributed by atoms with van der Waals surface area (Å²) < 4.78 is 5.93. The normalized spacial score (nSPS) is 15.7. The van der Waals surface area contributed by atoms with Gasteiger partial charge in [0.2, 0.25) is 5.89 Å². The predicted octanol–water partition coefficient (Wildman–Crippen LogP) is 3.08. The largest absolute Gasteiger partial charge is 0.443 e. The smallest absolute Gasteiger partial charge is 0.213 e. The highest BCUT2D eigenvalue weighted by atomic mass is 16.4. The van der Waals surface area contributed by atoms with Gasteiger partial charge < -0.3 is 14.6 Å². The Kier molecular flexibility index (Phi) is 3.72. The molecule has 0 radical (unpaired) electrons. The van der Waals surface area contributed by atoms with Crippen molar-refractivity contribution in [2.75, 3.05) is 18.0 Å². The lowest BCUT2D eigenvalue weighted by Crippen LogP contribution is -2.28. The van der Waals surface area contributed by atoms with Crippen molar-refractivity contribution < 1.29 is 4.42 Å². The predicted molar refractivity (Wildman–Crippen MR) is 84.4 cm³/mol. The van der Waals surface area contributed by atoms with Crippen molar-refractivity contribution in [2.45, 2.75) is 39.3 Å². The summed E-state index contributed by atoms with van der Waals surface area (Å²) in [5.41, 5.74) is 2.61. The number of hydrogen-bond acceptors (Lipinski definition) is 4. The van der Waals surface area contributed by atoms with E-state index in [9.17, 15) is 0 Å². The van der Waals surface area contributed by atoms with E-state index in [1.165, 1.54) is 11.3 Å². The van der Waals surface area contributed by atoms with Crippen LogP contribution < -0.4 is 10.2 Å². The first kappa shape index (κ1) is 14.1. The summed E-state index contributed by atoms with van der Waals surface area (Å²) in [6.45, 7) is 10.00. The van der Waals surface area contributed by atoms with Crippen LogP contribution in [0.4, 0.5) is 5.69 Å². The van der Waals surface area contributed by atoms with Crippen LogP contribution in [-0.4, -0.2) is 18.1 Å². The van der Waals surface area contributed by atoms with Gasteiger partial charge in [0.15, 0.2) is 0 Å². The lowest BCUT2D eigenvalue weighted by atomic mass is 9.94. The molecule has 0 spiro atoms. The molecular formula is C17H23N3O. The minimum atomic E-state index is 0.00347. The van der Waals surface area contributed by atoms with E-state index in [1.807, 2.05) is 6.20 Å². The van der Waals surface area contributed by atoms with E-state index >= 15 is 0 Å². The molecule has 3 rings (SSSR count). The number of hydrogen-bond donors (Lipinski definition) is 1. The molecule has 1 aromatic carbocycles. The number of para-hydroxylation sites is 1. The number of fused-ring (bicyclic) bond motifs is 1. The molecule has 1 aliphatic heterocycles. The van der Waals surface area contributed by atoms with Gasteiger partial charge in [0, 0.05) is 30.7 Å². The molecule has 0 saturated heterocycles. The first-order valence-electron chi connectivity index (χ1n) is 7.53. The van der Waals surface area contributed by atoms with Crippen LogP contribution in [0.5, 0.6) is 0 Å². The minimum Gasteiger partial charge on any atom is -0.443 e. The van der Waals surface area contributed by atoms with Crippen LogP contribution in [0.25, 0.3) is 0 Å². The van der Waals surface area contributed by atoms with Crippen LogP contribution in [0, 0.1) is 0 Å². The highest BCUT2D eigenvalue weighted by molar-refractivity contribution is 5.54. The maximum atomic E-state index is 5.93. The summed E-state index contributed by atoms with van der Waals surface area (Å²) >= 11 is 0. The molecule has 21 heavy (non-hydrogen) atoms. The van der Waals surface area contributed by atoms with E-state index in [0.717, 1.165) is 37.8 Å². The third-order valence-corrected chi connectivity index (χ3v) is 3.83. The molecule has 2 aromatic rings. The molecule has 112 valence electrons. The zero-order valence-electron chi connectivity index (χ0n) is 13.0. The van der Waals surface area contributed by atoms with Crippen LogP contribution in [0.1, 0.15) is 38.0 Å². The number of benzene rings is 1. The van der Waals surface area contributed by atoms with Gasteiger partial charge in [-0.1, -0.05) is 39.0 Å². The molecule has 0 atom stereocenters. The van der Waals surface area contributed by atoms with Crippen LogP contribution in [0.3, 0.4) is 0 Å². The Hall–Kier alpha value is -1.81. The highest BCUT2D eigenvalue weighted by Gasteiger charge is 2.21. The quantitative estimate of drug-likeness (QED) is 0.920. The molecule has 0 unspecified atom stereocenters. The third kappa shape index (κ3) is 3.10. The Morgan fingerprint density at radius 3 is 2.86 bits per heavy atom. The van der Waals surface area contributed by atoms with Crippen molar-refractivity contribution in [3.05, 3.63) is 47.7 Å². The van der Waals surface area contributed by atoms with Crippen molar-refractivity contribution in [2.24, 2.45) is 0 Å². The first-order valence-corrected chi connectivity index (χ1v) is 7.53. The number of aromatic nitrogens is 1. The Morgan fingerprint density at radius 1 is 1.29 bits per heavy atom. The van der Waals surface area contributed by atoms with E-state index in [4.69, 9.17) is 4.42 Å². The lowest BCUT2D eigenvalue weighted by molar-refractivity contribution is 0.380. The third-order valence-electron chi connectivity index (χ3n) is 3.83. The van der Waals surface area contributed by atoms with Crippen LogP contribution in [-0.2, 0) is 18.5 Å². The number of oxazole rings is 1. The fourth-order valence-corrected chi connectivity index (χ4v) is 2.58. The average molecular weight is 285 g/mol. The first-order chi connectivity index (χ1) is 10.0. The van der Waals surface area contributed by atoms with Crippen LogP contribution in [0.2, 0.25) is 0 Å². The van der Waals surface area contributed by atoms with Crippen molar-refractivity contribution >= 4 is 5.69 Å². The van der Waals surface area contributed by atoms with Gasteiger partial charge in [0.1, 0.15) is 5.76 Å². The Bertz CT molecular complexity index is 612. The maximum Gasteiger partial charge on any atom is 0.213 e. The summed E-state index contributed by atoms with van der Waals surface area (Å²) in [7, 11) is 0. The van der Waals surface area contributed by atoms with Crippen molar-refractivity contribution in [1.82, 2.24) is 10.3 Å². The molecule has 0 fully saturated rings. The number of nitrogens with zero attached hydrogens (tertiary/aromatic N) is 2. The lowest BCUT2D eigenvalue weighted by Gasteiger charge is -2.23. The summed E-state index contributed by atoms with van der Waals surface area (Å²) in [4.78, 5) is 6.79. The van der Waals surface area contributed by atoms with Gasteiger partial charge in [-0.15, -0.1) is 0 Å². The van der Waals surface area contributed by atoms with Gasteiger partial charge in [-0.05, 0) is 11.6 Å². The Morgan fingerprint density at radius 2 is 2.10 bits per heavy atom. The van der Waals surface area contributed by atoms with E-state index < -0.39 is 0 Å². The molecule has 0 amide bonds. The molecule has 0 saturated carbocycles. The number of anilines is 1. The van der Waals surface area contributed by atoms with Gasteiger partial charge in [-0.25, -0.2) is 4.98 Å². The SMILES string of the molecule is CC(C)(C)c1cnc(CN2CCNCc3ccccc32)o1. The van der Waals surface area contributed by atoms with Crippen LogP contribution >= 0.6 is 0 Å². The second-order valence-corrected chi connectivity index (χ2v) is 6.60. The van der Waals surface area contributed by atoms with Crippen molar-refractivity contribution in [3.8, 4) is 0 Å². The summed E-state index contributed by atoms with van der Waals surface area (Å²) in [5.74, 6) is 1.73. The number of nitrogens with one attached hydrogen (secondary N) is 1. The van der Waals surface area contributed by atoms with E-state index in [2.05, 4.69) is 60.2 Å². The van der Waals surface area contributed by atoms with Crippen molar-refractivity contribution in [3.63, 3.8) is 0 Å². The second-order valence-electron chi connectivity index (χ2n) is 6.60. The fourth-order valence-electron chi connectivity index (χ4n) is 2.58. The molecule has 1 N–H and O–H groups in total. The molecule has 0 aliphatic carbocycles. The van der Waals surface area contributed by atoms with Gasteiger partial charge in [-0.3, -0.25) is 0 Å². The van der Waals surface area contributed by atoms with Gasteiger partial charge in [-0.2, -0.15) is 0 Å². The van der Waals surface area contributed by atoms with E-state index in [-0.39, 0.29) is 5.41 Å². The van der Waals surface area contributed by atoms with E-state index in [1.54, 1.807) is 0 Å². The van der Waals surface area contributed by atoms with Gasteiger partial charge in [0.05, 0.1) is 12.7 Å². The van der Waals surface area contributed by atoms with Gasteiger partial charge in [0.25, 0.3) is 0 Å². The molecule has 1 aromatic heterocycles.